The normalized spacial score (nSPS) is 10.1. The summed E-state index contributed by atoms with van der Waals surface area (Å²) in [5.41, 5.74) is 2.72. The monoisotopic (exact) mass is 270 g/mol. The highest BCUT2D eigenvalue weighted by Gasteiger charge is 2.13. The summed E-state index contributed by atoms with van der Waals surface area (Å²) in [4.78, 5) is 16.3. The third kappa shape index (κ3) is 3.35. The molecule has 4 nitrogen and oxygen atoms in total. The predicted octanol–water partition coefficient (Wildman–Crippen LogP) is 2.72. The van der Waals surface area contributed by atoms with Gasteiger partial charge in [-0.1, -0.05) is 24.3 Å². The summed E-state index contributed by atoms with van der Waals surface area (Å²) < 4.78 is 5.36. The Morgan fingerprint density at radius 1 is 1.25 bits per heavy atom. The van der Waals surface area contributed by atoms with Crippen molar-refractivity contribution >= 4 is 5.91 Å². The number of hydrogen-bond donors (Lipinski definition) is 1. The topological polar surface area (TPSA) is 51.2 Å². The molecule has 1 N–H and O–H groups in total. The molecule has 20 heavy (non-hydrogen) atoms. The number of nitrogens with one attached hydrogen (secondary N) is 1. The third-order valence-corrected chi connectivity index (χ3v) is 3.00. The largest absolute Gasteiger partial charge is 0.477 e. The van der Waals surface area contributed by atoms with Gasteiger partial charge in [-0.15, -0.1) is 0 Å². The maximum Gasteiger partial charge on any atom is 0.257 e. The minimum absolute atomic E-state index is 0.176. The summed E-state index contributed by atoms with van der Waals surface area (Å²) in [5, 5.41) is 2.90. The zero-order chi connectivity index (χ0) is 14.4. The van der Waals surface area contributed by atoms with Gasteiger partial charge in [0.25, 0.3) is 5.91 Å². The van der Waals surface area contributed by atoms with Crippen LogP contribution in [0, 0.1) is 6.92 Å². The lowest BCUT2D eigenvalue weighted by Gasteiger charge is -2.10. The molecule has 104 valence electrons. The molecule has 2 aromatic rings. The van der Waals surface area contributed by atoms with Crippen molar-refractivity contribution in [3.63, 3.8) is 0 Å². The van der Waals surface area contributed by atoms with E-state index in [1.807, 2.05) is 38.1 Å². The lowest BCUT2D eigenvalue weighted by atomic mass is 10.1. The summed E-state index contributed by atoms with van der Waals surface area (Å²) in [6.45, 7) is 4.86. The van der Waals surface area contributed by atoms with Gasteiger partial charge in [-0.25, -0.2) is 4.98 Å². The molecular formula is C16H18N2O2. The lowest BCUT2D eigenvalue weighted by Crippen LogP contribution is -2.24. The highest BCUT2D eigenvalue weighted by atomic mass is 16.5. The van der Waals surface area contributed by atoms with Gasteiger partial charge in [0.2, 0.25) is 5.88 Å². The van der Waals surface area contributed by atoms with E-state index < -0.39 is 0 Å². The van der Waals surface area contributed by atoms with Gasteiger partial charge in [0.05, 0.1) is 6.61 Å². The minimum atomic E-state index is -0.176. The van der Waals surface area contributed by atoms with Crippen molar-refractivity contribution in [2.45, 2.75) is 20.4 Å². The fraction of sp³-hybridized carbons (Fsp3) is 0.250. The molecule has 0 bridgehead atoms. The number of ether oxygens (including phenoxy) is 1. The molecule has 1 heterocycles. The molecule has 4 heteroatoms. The van der Waals surface area contributed by atoms with Crippen LogP contribution in [0.3, 0.4) is 0 Å². The van der Waals surface area contributed by atoms with E-state index >= 15 is 0 Å². The average Bonchev–Trinajstić information content (AvgIpc) is 2.47. The molecule has 0 saturated carbocycles. The van der Waals surface area contributed by atoms with Crippen LogP contribution in [0.15, 0.2) is 42.6 Å². The number of aromatic nitrogens is 1. The van der Waals surface area contributed by atoms with E-state index in [-0.39, 0.29) is 5.91 Å². The third-order valence-electron chi connectivity index (χ3n) is 3.00. The fourth-order valence-corrected chi connectivity index (χ4v) is 1.89. The number of hydrogen-bond acceptors (Lipinski definition) is 3. The Morgan fingerprint density at radius 3 is 2.80 bits per heavy atom. The Kier molecular flexibility index (Phi) is 4.71. The SMILES string of the molecule is CCOc1ncccc1C(=O)NCc1ccccc1C. The Morgan fingerprint density at radius 2 is 2.05 bits per heavy atom. The van der Waals surface area contributed by atoms with Crippen molar-refractivity contribution in [2.75, 3.05) is 6.61 Å². The van der Waals surface area contributed by atoms with Gasteiger partial charge in [0, 0.05) is 12.7 Å². The number of amides is 1. The second-order valence-corrected chi connectivity index (χ2v) is 4.40. The van der Waals surface area contributed by atoms with Crippen molar-refractivity contribution in [3.8, 4) is 5.88 Å². The first-order valence-electron chi connectivity index (χ1n) is 6.63. The van der Waals surface area contributed by atoms with E-state index in [1.54, 1.807) is 18.3 Å². The maximum atomic E-state index is 12.2. The molecule has 0 aliphatic heterocycles. The van der Waals surface area contributed by atoms with Crippen molar-refractivity contribution in [3.05, 3.63) is 59.3 Å². The van der Waals surface area contributed by atoms with E-state index in [9.17, 15) is 4.79 Å². The van der Waals surface area contributed by atoms with E-state index in [2.05, 4.69) is 10.3 Å². The van der Waals surface area contributed by atoms with E-state index in [0.717, 1.165) is 11.1 Å². The summed E-state index contributed by atoms with van der Waals surface area (Å²) in [6.07, 6.45) is 1.61. The number of aryl methyl sites for hydroxylation is 1. The lowest BCUT2D eigenvalue weighted by molar-refractivity contribution is 0.0946. The molecule has 0 fully saturated rings. The second kappa shape index (κ2) is 6.70. The molecule has 0 aliphatic carbocycles. The van der Waals surface area contributed by atoms with Crippen LogP contribution in [0.5, 0.6) is 5.88 Å². The Labute approximate surface area is 118 Å². The van der Waals surface area contributed by atoms with Crippen LogP contribution in [0.1, 0.15) is 28.4 Å². The number of rotatable bonds is 5. The van der Waals surface area contributed by atoms with Gasteiger partial charge in [-0.2, -0.15) is 0 Å². The molecule has 0 radical (unpaired) electrons. The highest BCUT2D eigenvalue weighted by molar-refractivity contribution is 5.96. The number of nitrogens with zero attached hydrogens (tertiary/aromatic N) is 1. The van der Waals surface area contributed by atoms with Gasteiger partial charge >= 0.3 is 0 Å². The average molecular weight is 270 g/mol. The van der Waals surface area contributed by atoms with Gasteiger partial charge in [0.15, 0.2) is 0 Å². The summed E-state index contributed by atoms with van der Waals surface area (Å²) in [7, 11) is 0. The Balaban J connectivity index is 2.07. The van der Waals surface area contributed by atoms with E-state index in [1.165, 1.54) is 0 Å². The van der Waals surface area contributed by atoms with Crippen LogP contribution >= 0.6 is 0 Å². The van der Waals surface area contributed by atoms with Crippen molar-refractivity contribution in [2.24, 2.45) is 0 Å². The summed E-state index contributed by atoms with van der Waals surface area (Å²) >= 11 is 0. The molecule has 1 aromatic carbocycles. The van der Waals surface area contributed by atoms with Crippen LogP contribution in [-0.2, 0) is 6.54 Å². The van der Waals surface area contributed by atoms with Crippen LogP contribution in [0.25, 0.3) is 0 Å². The summed E-state index contributed by atoms with van der Waals surface area (Å²) in [5.74, 6) is 0.196. The zero-order valence-electron chi connectivity index (χ0n) is 11.7. The van der Waals surface area contributed by atoms with Gasteiger partial charge in [-0.3, -0.25) is 4.79 Å². The van der Waals surface area contributed by atoms with Crippen LogP contribution in [0.2, 0.25) is 0 Å². The molecule has 0 spiro atoms. The summed E-state index contributed by atoms with van der Waals surface area (Å²) in [6, 6.07) is 11.4. The maximum absolute atomic E-state index is 12.2. The first kappa shape index (κ1) is 14.1. The quantitative estimate of drug-likeness (QED) is 0.908. The van der Waals surface area contributed by atoms with Gasteiger partial charge < -0.3 is 10.1 Å². The molecular weight excluding hydrogens is 252 g/mol. The second-order valence-electron chi connectivity index (χ2n) is 4.40. The molecule has 0 aliphatic rings. The molecule has 0 saturated heterocycles. The van der Waals surface area contributed by atoms with E-state index in [4.69, 9.17) is 4.74 Å². The van der Waals surface area contributed by atoms with Crippen molar-refractivity contribution in [1.82, 2.24) is 10.3 Å². The Bertz CT molecular complexity index is 597. The molecule has 0 unspecified atom stereocenters. The number of carbonyl (C=O) groups is 1. The fourth-order valence-electron chi connectivity index (χ4n) is 1.89. The van der Waals surface area contributed by atoms with Crippen molar-refractivity contribution in [1.29, 1.82) is 0 Å². The number of benzene rings is 1. The predicted molar refractivity (Wildman–Crippen MR) is 77.8 cm³/mol. The first-order chi connectivity index (χ1) is 9.72. The molecule has 1 amide bonds. The standard InChI is InChI=1S/C16H18N2O2/c1-3-20-16-14(9-6-10-17-16)15(19)18-11-13-8-5-4-7-12(13)2/h4-10H,3,11H2,1-2H3,(H,18,19). The van der Waals surface area contributed by atoms with Gasteiger partial charge in [-0.05, 0) is 37.1 Å². The van der Waals surface area contributed by atoms with Crippen molar-refractivity contribution < 1.29 is 9.53 Å². The smallest absolute Gasteiger partial charge is 0.257 e. The number of carbonyl (C=O) groups excluding carboxylic acids is 1. The molecule has 0 atom stereocenters. The molecule has 1 aromatic heterocycles. The van der Waals surface area contributed by atoms with Crippen LogP contribution < -0.4 is 10.1 Å². The zero-order valence-corrected chi connectivity index (χ0v) is 11.7. The molecule has 2 rings (SSSR count). The first-order valence-corrected chi connectivity index (χ1v) is 6.63. The number of pyridine rings is 1. The van der Waals surface area contributed by atoms with Crippen LogP contribution in [0.4, 0.5) is 0 Å². The highest BCUT2D eigenvalue weighted by Crippen LogP contribution is 2.14. The van der Waals surface area contributed by atoms with Gasteiger partial charge in [0.1, 0.15) is 5.56 Å². The Hall–Kier alpha value is -2.36. The van der Waals surface area contributed by atoms with E-state index in [0.29, 0.717) is 24.6 Å². The minimum Gasteiger partial charge on any atom is -0.477 e. The van der Waals surface area contributed by atoms with Crippen LogP contribution in [-0.4, -0.2) is 17.5 Å².